The summed E-state index contributed by atoms with van der Waals surface area (Å²) in [4.78, 5) is 25.5. The van der Waals surface area contributed by atoms with E-state index in [2.05, 4.69) is 10.6 Å². The quantitative estimate of drug-likeness (QED) is 0.470. The first-order valence-electron chi connectivity index (χ1n) is 10.1. The summed E-state index contributed by atoms with van der Waals surface area (Å²) in [7, 11) is 2.98. The van der Waals surface area contributed by atoms with E-state index in [1.807, 2.05) is 0 Å². The molecule has 0 fully saturated rings. The van der Waals surface area contributed by atoms with E-state index in [-0.39, 0.29) is 17.9 Å². The number of halogens is 1. The molecular formula is C24H26FN3O4. The number of hydrogen-bond acceptors (Lipinski definition) is 5. The number of benzene rings is 2. The molecule has 0 aliphatic rings. The van der Waals surface area contributed by atoms with Crippen molar-refractivity contribution in [3.8, 4) is 16.9 Å². The average Bonchev–Trinajstić information content (AvgIpc) is 2.78. The highest BCUT2D eigenvalue weighted by Gasteiger charge is 2.17. The first-order valence-corrected chi connectivity index (χ1v) is 10.1. The number of methoxy groups -OCH3 is 1. The van der Waals surface area contributed by atoms with E-state index in [1.165, 1.54) is 23.8 Å². The van der Waals surface area contributed by atoms with E-state index in [4.69, 9.17) is 9.84 Å². The molecule has 1 aromatic heterocycles. The highest BCUT2D eigenvalue weighted by atomic mass is 19.1. The molecule has 0 atom stereocenters. The Balaban J connectivity index is 1.93. The molecule has 7 nitrogen and oxygen atoms in total. The van der Waals surface area contributed by atoms with Crippen molar-refractivity contribution in [2.75, 3.05) is 25.6 Å². The van der Waals surface area contributed by atoms with E-state index in [0.717, 1.165) is 5.56 Å². The molecule has 32 heavy (non-hydrogen) atoms. The summed E-state index contributed by atoms with van der Waals surface area (Å²) in [5.74, 6) is -0.911. The number of rotatable bonds is 8. The highest BCUT2D eigenvalue weighted by Crippen LogP contribution is 2.33. The van der Waals surface area contributed by atoms with Gasteiger partial charge in [0.1, 0.15) is 5.56 Å². The van der Waals surface area contributed by atoms with Crippen LogP contribution >= 0.6 is 0 Å². The monoisotopic (exact) mass is 439 g/mol. The number of nitrogens with one attached hydrogen (secondary N) is 2. The zero-order valence-corrected chi connectivity index (χ0v) is 18.2. The average molecular weight is 439 g/mol. The third-order valence-corrected chi connectivity index (χ3v) is 5.16. The van der Waals surface area contributed by atoms with Gasteiger partial charge >= 0.3 is 0 Å². The molecule has 3 N–H and O–H groups in total. The number of ether oxygens (including phenoxy) is 1. The molecule has 3 rings (SSSR count). The fraction of sp³-hybridized carbons (Fsp3) is 0.250. The van der Waals surface area contributed by atoms with Crippen LogP contribution in [0.15, 0.2) is 53.5 Å². The van der Waals surface area contributed by atoms with Crippen LogP contribution in [0.5, 0.6) is 5.75 Å². The molecule has 0 unspecified atom stereocenters. The van der Waals surface area contributed by atoms with E-state index < -0.39 is 17.3 Å². The van der Waals surface area contributed by atoms with Gasteiger partial charge in [-0.3, -0.25) is 9.59 Å². The van der Waals surface area contributed by atoms with E-state index >= 15 is 0 Å². The van der Waals surface area contributed by atoms with Gasteiger partial charge in [0.2, 0.25) is 0 Å². The number of nitrogens with zero attached hydrogens (tertiary/aromatic N) is 1. The summed E-state index contributed by atoms with van der Waals surface area (Å²) < 4.78 is 21.2. The van der Waals surface area contributed by atoms with Crippen molar-refractivity contribution in [1.82, 2.24) is 9.88 Å². The van der Waals surface area contributed by atoms with Crippen molar-refractivity contribution in [3.05, 3.63) is 81.5 Å². The maximum atomic E-state index is 14.8. The van der Waals surface area contributed by atoms with Crippen LogP contribution in [-0.2, 0) is 13.6 Å². The van der Waals surface area contributed by atoms with Crippen molar-refractivity contribution in [3.63, 3.8) is 0 Å². The topological polar surface area (TPSA) is 92.6 Å². The van der Waals surface area contributed by atoms with Crippen LogP contribution in [0, 0.1) is 12.7 Å². The van der Waals surface area contributed by atoms with Gasteiger partial charge in [0, 0.05) is 37.6 Å². The van der Waals surface area contributed by atoms with Gasteiger partial charge in [-0.1, -0.05) is 24.3 Å². The number of anilines is 1. The Bertz CT molecular complexity index is 1190. The molecule has 0 radical (unpaired) electrons. The van der Waals surface area contributed by atoms with Crippen molar-refractivity contribution in [2.24, 2.45) is 7.05 Å². The number of aliphatic hydroxyl groups is 1. The van der Waals surface area contributed by atoms with Gasteiger partial charge in [-0.15, -0.1) is 0 Å². The van der Waals surface area contributed by atoms with E-state index in [1.54, 1.807) is 50.5 Å². The molecule has 0 saturated carbocycles. The second kappa shape index (κ2) is 10.2. The Labute approximate surface area is 185 Å². The number of pyridine rings is 1. The fourth-order valence-electron chi connectivity index (χ4n) is 3.48. The van der Waals surface area contributed by atoms with Crippen LogP contribution in [0.1, 0.15) is 21.5 Å². The standard InChI is InChI=1S/C24H26FN3O4/c1-15-17(18-7-5-9-21(32-3)22(18)25)6-4-8-20(15)27-23(30)19-12-16(13-26-10-11-29)14-28(2)24(19)31/h4-9,12,14,26,29H,10-11,13H2,1-3H3,(H,27,30). The maximum Gasteiger partial charge on any atom is 0.263 e. The molecule has 168 valence electrons. The van der Waals surface area contributed by atoms with Gasteiger partial charge < -0.3 is 25.0 Å². The lowest BCUT2D eigenvalue weighted by molar-refractivity contribution is 0.102. The van der Waals surface area contributed by atoms with E-state index in [0.29, 0.717) is 35.5 Å². The predicted molar refractivity (Wildman–Crippen MR) is 122 cm³/mol. The van der Waals surface area contributed by atoms with Gasteiger partial charge in [0.25, 0.3) is 11.5 Å². The Morgan fingerprint density at radius 2 is 1.91 bits per heavy atom. The van der Waals surface area contributed by atoms with Crippen molar-refractivity contribution >= 4 is 11.6 Å². The van der Waals surface area contributed by atoms with Crippen molar-refractivity contribution in [1.29, 1.82) is 0 Å². The molecule has 1 amide bonds. The van der Waals surface area contributed by atoms with Crippen LogP contribution in [0.2, 0.25) is 0 Å². The number of amides is 1. The Morgan fingerprint density at radius 1 is 1.19 bits per heavy atom. The number of carbonyl (C=O) groups excluding carboxylic acids is 1. The number of hydrogen-bond donors (Lipinski definition) is 3. The maximum absolute atomic E-state index is 14.8. The third-order valence-electron chi connectivity index (χ3n) is 5.16. The largest absolute Gasteiger partial charge is 0.494 e. The summed E-state index contributed by atoms with van der Waals surface area (Å²) in [6, 6.07) is 11.6. The minimum absolute atomic E-state index is 0.00633. The second-order valence-electron chi connectivity index (χ2n) is 7.33. The molecule has 1 heterocycles. The lowest BCUT2D eigenvalue weighted by Crippen LogP contribution is -2.29. The SMILES string of the molecule is COc1cccc(-c2cccc(NC(=O)c3cc(CNCCO)cn(C)c3=O)c2C)c1F. The van der Waals surface area contributed by atoms with Crippen LogP contribution < -0.4 is 20.9 Å². The Morgan fingerprint density at radius 3 is 2.62 bits per heavy atom. The minimum atomic E-state index is -0.555. The van der Waals surface area contributed by atoms with Crippen LogP contribution in [-0.4, -0.2) is 35.8 Å². The summed E-state index contributed by atoms with van der Waals surface area (Å²) in [5, 5.41) is 14.7. The fourth-order valence-corrected chi connectivity index (χ4v) is 3.48. The lowest BCUT2D eigenvalue weighted by Gasteiger charge is -2.15. The summed E-state index contributed by atoms with van der Waals surface area (Å²) in [6.45, 7) is 2.57. The second-order valence-corrected chi connectivity index (χ2v) is 7.33. The molecule has 2 aromatic carbocycles. The molecule has 8 heteroatoms. The normalized spacial score (nSPS) is 10.8. The van der Waals surface area contributed by atoms with Crippen LogP contribution in [0.4, 0.5) is 10.1 Å². The van der Waals surface area contributed by atoms with E-state index in [9.17, 15) is 14.0 Å². The molecule has 0 spiro atoms. The number of carbonyl (C=O) groups is 1. The molecule has 3 aromatic rings. The Kier molecular flexibility index (Phi) is 7.40. The smallest absolute Gasteiger partial charge is 0.263 e. The van der Waals surface area contributed by atoms with Gasteiger partial charge in [0.05, 0.1) is 13.7 Å². The molecular weight excluding hydrogens is 413 g/mol. The Hall–Kier alpha value is -3.49. The molecule has 0 aliphatic heterocycles. The van der Waals surface area contributed by atoms with Crippen LogP contribution in [0.25, 0.3) is 11.1 Å². The number of aromatic nitrogens is 1. The predicted octanol–water partition coefficient (Wildman–Crippen LogP) is 2.84. The summed E-state index contributed by atoms with van der Waals surface area (Å²) >= 11 is 0. The summed E-state index contributed by atoms with van der Waals surface area (Å²) in [5.41, 5.74) is 2.38. The molecule has 0 bridgehead atoms. The van der Waals surface area contributed by atoms with Gasteiger partial charge in [-0.05, 0) is 41.8 Å². The third kappa shape index (κ3) is 4.87. The lowest BCUT2D eigenvalue weighted by atomic mass is 9.98. The van der Waals surface area contributed by atoms with Crippen molar-refractivity contribution < 1.29 is 19.0 Å². The van der Waals surface area contributed by atoms with Crippen molar-refractivity contribution in [2.45, 2.75) is 13.5 Å². The first-order chi connectivity index (χ1) is 15.4. The first kappa shape index (κ1) is 23.2. The van der Waals surface area contributed by atoms with Gasteiger partial charge in [-0.25, -0.2) is 4.39 Å². The highest BCUT2D eigenvalue weighted by molar-refractivity contribution is 6.05. The molecule has 0 saturated heterocycles. The number of aliphatic hydroxyl groups excluding tert-OH is 1. The van der Waals surface area contributed by atoms with Gasteiger partial charge in [-0.2, -0.15) is 0 Å². The van der Waals surface area contributed by atoms with Crippen LogP contribution in [0.3, 0.4) is 0 Å². The van der Waals surface area contributed by atoms with Gasteiger partial charge in [0.15, 0.2) is 11.6 Å². The number of aryl methyl sites for hydroxylation is 1. The minimum Gasteiger partial charge on any atom is -0.494 e. The zero-order chi connectivity index (χ0) is 23.3. The zero-order valence-electron chi connectivity index (χ0n) is 18.2. The molecule has 0 aliphatic carbocycles. The summed E-state index contributed by atoms with van der Waals surface area (Å²) in [6.07, 6.45) is 1.64.